The van der Waals surface area contributed by atoms with Crippen molar-refractivity contribution in [2.45, 2.75) is 45.1 Å². The van der Waals surface area contributed by atoms with Crippen LogP contribution in [-0.2, 0) is 0 Å². The molecule has 26 heavy (non-hydrogen) atoms. The number of nitro groups is 1. The molecule has 1 aliphatic rings. The van der Waals surface area contributed by atoms with Crippen molar-refractivity contribution in [1.82, 2.24) is 15.1 Å². The highest BCUT2D eigenvalue weighted by atomic mass is 16.6. The maximum Gasteiger partial charge on any atom is 0.294 e. The van der Waals surface area contributed by atoms with Crippen LogP contribution in [0.15, 0.2) is 35.1 Å². The van der Waals surface area contributed by atoms with Gasteiger partial charge in [0.15, 0.2) is 5.69 Å². The summed E-state index contributed by atoms with van der Waals surface area (Å²) < 4.78 is 1.27. The van der Waals surface area contributed by atoms with Crippen LogP contribution in [0.4, 0.5) is 5.69 Å². The third-order valence-corrected chi connectivity index (χ3v) is 4.57. The van der Waals surface area contributed by atoms with E-state index in [1.165, 1.54) is 22.9 Å². The molecule has 1 aliphatic carbocycles. The molecule has 8 heteroatoms. The molecule has 0 spiro atoms. The van der Waals surface area contributed by atoms with Crippen LogP contribution in [0.3, 0.4) is 0 Å². The van der Waals surface area contributed by atoms with Crippen LogP contribution in [-0.4, -0.2) is 26.7 Å². The summed E-state index contributed by atoms with van der Waals surface area (Å²) in [4.78, 5) is 35.5. The van der Waals surface area contributed by atoms with Gasteiger partial charge in [-0.05, 0) is 25.8 Å². The van der Waals surface area contributed by atoms with Crippen LogP contribution in [0.2, 0.25) is 0 Å². The van der Waals surface area contributed by atoms with Gasteiger partial charge in [-0.15, -0.1) is 0 Å². The average Bonchev–Trinajstić information content (AvgIpc) is 2.62. The van der Waals surface area contributed by atoms with E-state index in [0.717, 1.165) is 32.1 Å². The van der Waals surface area contributed by atoms with Gasteiger partial charge < -0.3 is 5.32 Å². The van der Waals surface area contributed by atoms with Crippen molar-refractivity contribution < 1.29 is 9.72 Å². The minimum absolute atomic E-state index is 0.0401. The molecule has 0 radical (unpaired) electrons. The lowest BCUT2D eigenvalue weighted by molar-refractivity contribution is -0.384. The minimum Gasteiger partial charge on any atom is -0.348 e. The van der Waals surface area contributed by atoms with E-state index >= 15 is 0 Å². The molecule has 0 bridgehead atoms. The number of rotatable bonds is 4. The van der Waals surface area contributed by atoms with Crippen LogP contribution >= 0.6 is 0 Å². The number of para-hydroxylation sites is 2. The lowest BCUT2D eigenvalue weighted by Gasteiger charge is -2.22. The Morgan fingerprint density at radius 2 is 1.96 bits per heavy atom. The highest BCUT2D eigenvalue weighted by Gasteiger charge is 2.22. The maximum absolute atomic E-state index is 12.5. The molecule has 1 aromatic heterocycles. The second-order valence-electron chi connectivity index (χ2n) is 6.46. The Morgan fingerprint density at radius 1 is 1.27 bits per heavy atom. The van der Waals surface area contributed by atoms with Gasteiger partial charge in [-0.1, -0.05) is 31.4 Å². The highest BCUT2D eigenvalue weighted by Crippen LogP contribution is 2.22. The van der Waals surface area contributed by atoms with Gasteiger partial charge in [0, 0.05) is 23.9 Å². The summed E-state index contributed by atoms with van der Waals surface area (Å²) in [5.74, 6) is -0.533. The number of nitro benzene ring substituents is 1. The third-order valence-electron chi connectivity index (χ3n) is 4.57. The van der Waals surface area contributed by atoms with Gasteiger partial charge in [0.05, 0.1) is 4.92 Å². The first-order chi connectivity index (χ1) is 12.5. The summed E-state index contributed by atoms with van der Waals surface area (Å²) in [5, 5.41) is 18.3. The smallest absolute Gasteiger partial charge is 0.294 e. The topological polar surface area (TPSA) is 107 Å². The zero-order valence-electron chi connectivity index (χ0n) is 14.5. The molecule has 8 nitrogen and oxygen atoms in total. The quantitative estimate of drug-likeness (QED) is 0.669. The highest BCUT2D eigenvalue weighted by molar-refractivity contribution is 5.92. The molecule has 136 valence electrons. The molecule has 1 amide bonds. The molecular formula is C18H20N4O4. The summed E-state index contributed by atoms with van der Waals surface area (Å²) in [6, 6.07) is 7.40. The maximum atomic E-state index is 12.5. The first-order valence-corrected chi connectivity index (χ1v) is 8.63. The number of hydrogen-bond donors (Lipinski definition) is 1. The monoisotopic (exact) mass is 356 g/mol. The number of amides is 1. The van der Waals surface area contributed by atoms with Gasteiger partial charge in [-0.3, -0.25) is 19.7 Å². The summed E-state index contributed by atoms with van der Waals surface area (Å²) >= 11 is 0. The van der Waals surface area contributed by atoms with Gasteiger partial charge in [-0.25, -0.2) is 4.68 Å². The van der Waals surface area contributed by atoms with Crippen molar-refractivity contribution in [3.63, 3.8) is 0 Å². The molecule has 0 aliphatic heterocycles. The Labute approximate surface area is 150 Å². The fourth-order valence-corrected chi connectivity index (χ4v) is 3.25. The molecule has 3 rings (SSSR count). The number of carbonyl (C=O) groups is 1. The molecule has 1 aromatic carbocycles. The standard InChI is InChI=1S/C18H20N4O4/c1-12-11-16(23)17(18(24)19-13-7-3-2-4-8-13)20-21(12)14-9-5-6-10-15(14)22(25)26/h5-6,9-11,13H,2-4,7-8H2,1H3,(H,19,24). The van der Waals surface area contributed by atoms with Crippen molar-refractivity contribution >= 4 is 11.6 Å². The van der Waals surface area contributed by atoms with E-state index in [4.69, 9.17) is 0 Å². The lowest BCUT2D eigenvalue weighted by Crippen LogP contribution is -2.39. The first-order valence-electron chi connectivity index (χ1n) is 8.63. The van der Waals surface area contributed by atoms with Crippen LogP contribution in [0.25, 0.3) is 5.69 Å². The Morgan fingerprint density at radius 3 is 2.65 bits per heavy atom. The molecule has 1 saturated carbocycles. The number of hydrogen-bond acceptors (Lipinski definition) is 5. The number of benzene rings is 1. The van der Waals surface area contributed by atoms with Crippen LogP contribution in [0, 0.1) is 17.0 Å². The van der Waals surface area contributed by atoms with E-state index < -0.39 is 16.3 Å². The van der Waals surface area contributed by atoms with Gasteiger partial charge in [0.25, 0.3) is 11.6 Å². The van der Waals surface area contributed by atoms with Gasteiger partial charge in [0.2, 0.25) is 5.43 Å². The SMILES string of the molecule is Cc1cc(=O)c(C(=O)NC2CCCCC2)nn1-c1ccccc1[N+](=O)[O-]. The van der Waals surface area contributed by atoms with E-state index in [0.29, 0.717) is 5.69 Å². The predicted molar refractivity (Wildman–Crippen MR) is 95.6 cm³/mol. The minimum atomic E-state index is -0.533. The van der Waals surface area contributed by atoms with Crippen molar-refractivity contribution in [1.29, 1.82) is 0 Å². The Kier molecular flexibility index (Phi) is 5.11. The Balaban J connectivity index is 1.99. The van der Waals surface area contributed by atoms with Gasteiger partial charge >= 0.3 is 0 Å². The molecule has 0 saturated heterocycles. The molecular weight excluding hydrogens is 336 g/mol. The molecule has 1 N–H and O–H groups in total. The Bertz CT molecular complexity index is 900. The predicted octanol–water partition coefficient (Wildman–Crippen LogP) is 2.51. The first kappa shape index (κ1) is 17.8. The molecule has 0 unspecified atom stereocenters. The van der Waals surface area contributed by atoms with Crippen LogP contribution in [0.5, 0.6) is 0 Å². The van der Waals surface area contributed by atoms with Crippen molar-refractivity contribution in [2.75, 3.05) is 0 Å². The summed E-state index contributed by atoms with van der Waals surface area (Å²) in [5.41, 5.74) is -0.268. The van der Waals surface area contributed by atoms with Crippen molar-refractivity contribution in [3.8, 4) is 5.69 Å². The van der Waals surface area contributed by atoms with E-state index in [1.807, 2.05) is 0 Å². The summed E-state index contributed by atoms with van der Waals surface area (Å²) in [6.07, 6.45) is 5.02. The van der Waals surface area contributed by atoms with Crippen molar-refractivity contribution in [3.05, 3.63) is 62.1 Å². The van der Waals surface area contributed by atoms with E-state index in [2.05, 4.69) is 10.4 Å². The zero-order chi connectivity index (χ0) is 18.7. The average molecular weight is 356 g/mol. The second kappa shape index (κ2) is 7.47. The zero-order valence-corrected chi connectivity index (χ0v) is 14.5. The fourth-order valence-electron chi connectivity index (χ4n) is 3.25. The number of aryl methyl sites for hydroxylation is 1. The summed E-state index contributed by atoms with van der Waals surface area (Å²) in [7, 11) is 0. The van der Waals surface area contributed by atoms with Crippen LogP contribution < -0.4 is 10.7 Å². The molecule has 1 fully saturated rings. The molecule has 1 heterocycles. The number of carbonyl (C=O) groups excluding carboxylic acids is 1. The van der Waals surface area contributed by atoms with E-state index in [9.17, 15) is 19.7 Å². The largest absolute Gasteiger partial charge is 0.348 e. The van der Waals surface area contributed by atoms with Crippen molar-refractivity contribution in [2.24, 2.45) is 0 Å². The van der Waals surface area contributed by atoms with Gasteiger partial charge in [0.1, 0.15) is 5.69 Å². The third kappa shape index (κ3) is 3.63. The second-order valence-corrected chi connectivity index (χ2v) is 6.46. The number of nitrogens with zero attached hydrogens (tertiary/aromatic N) is 3. The number of nitrogens with one attached hydrogen (secondary N) is 1. The van der Waals surface area contributed by atoms with E-state index in [1.54, 1.807) is 19.1 Å². The van der Waals surface area contributed by atoms with Gasteiger partial charge in [-0.2, -0.15) is 5.10 Å². The lowest BCUT2D eigenvalue weighted by atomic mass is 9.95. The van der Waals surface area contributed by atoms with Crippen LogP contribution in [0.1, 0.15) is 48.3 Å². The van der Waals surface area contributed by atoms with E-state index in [-0.39, 0.29) is 23.1 Å². The fraction of sp³-hybridized carbons (Fsp3) is 0.389. The Hall–Kier alpha value is -3.03. The number of aromatic nitrogens is 2. The molecule has 2 aromatic rings. The summed E-state index contributed by atoms with van der Waals surface area (Å²) in [6.45, 7) is 1.62. The normalized spacial score (nSPS) is 14.8. The molecule has 0 atom stereocenters.